The van der Waals surface area contributed by atoms with Crippen LogP contribution in [0.4, 0.5) is 0 Å². The fraction of sp³-hybridized carbons (Fsp3) is 0.552. The number of fused-ring (bicyclic) bond motifs is 1. The number of benzene rings is 1. The Balaban J connectivity index is 1.59. The zero-order valence-corrected chi connectivity index (χ0v) is 24.4. The Morgan fingerprint density at radius 1 is 0.976 bits per heavy atom. The molecule has 4 N–H and O–H groups in total. The lowest BCUT2D eigenvalue weighted by molar-refractivity contribution is -0.135. The maximum Gasteiger partial charge on any atom is 0.245 e. The Labute approximate surface area is 245 Å². The van der Waals surface area contributed by atoms with Crippen LogP contribution >= 0.6 is 0 Å². The second kappa shape index (κ2) is 14.1. The van der Waals surface area contributed by atoms with E-state index in [1.54, 1.807) is 11.8 Å². The molecular formula is C29H40N8O5. The summed E-state index contributed by atoms with van der Waals surface area (Å²) in [6, 6.07) is 7.33. The summed E-state index contributed by atoms with van der Waals surface area (Å²) < 4.78 is 1.47. The zero-order valence-electron chi connectivity index (χ0n) is 24.4. The molecule has 3 atom stereocenters. The number of nitrogens with one attached hydrogen (secondary N) is 4. The van der Waals surface area contributed by atoms with E-state index in [0.29, 0.717) is 30.9 Å². The van der Waals surface area contributed by atoms with Crippen molar-refractivity contribution in [1.29, 1.82) is 0 Å². The van der Waals surface area contributed by atoms with E-state index >= 15 is 0 Å². The molecule has 42 heavy (non-hydrogen) atoms. The van der Waals surface area contributed by atoms with E-state index in [4.69, 9.17) is 0 Å². The van der Waals surface area contributed by atoms with Gasteiger partial charge in [-0.25, -0.2) is 9.67 Å². The van der Waals surface area contributed by atoms with Crippen molar-refractivity contribution in [2.45, 2.75) is 77.5 Å². The average Bonchev–Trinajstić information content (AvgIpc) is 3.57. The molecule has 13 nitrogen and oxygen atoms in total. The molecular weight excluding hydrogens is 540 g/mol. The van der Waals surface area contributed by atoms with Gasteiger partial charge in [-0.05, 0) is 32.1 Å². The van der Waals surface area contributed by atoms with Crippen LogP contribution in [-0.2, 0) is 30.5 Å². The Kier molecular flexibility index (Phi) is 10.3. The Morgan fingerprint density at radius 2 is 1.71 bits per heavy atom. The van der Waals surface area contributed by atoms with E-state index in [0.717, 1.165) is 5.56 Å². The second-order valence-corrected chi connectivity index (χ2v) is 11.2. The van der Waals surface area contributed by atoms with Crippen molar-refractivity contribution < 1.29 is 24.0 Å². The van der Waals surface area contributed by atoms with E-state index in [1.807, 2.05) is 44.2 Å². The van der Waals surface area contributed by atoms with E-state index in [1.165, 1.54) is 4.68 Å². The van der Waals surface area contributed by atoms with Crippen LogP contribution in [0.2, 0.25) is 0 Å². The van der Waals surface area contributed by atoms with Crippen LogP contribution in [0.25, 0.3) is 11.4 Å². The highest BCUT2D eigenvalue weighted by Gasteiger charge is 2.31. The molecule has 4 rings (SSSR count). The summed E-state index contributed by atoms with van der Waals surface area (Å²) in [4.78, 5) is 70.4. The van der Waals surface area contributed by atoms with Gasteiger partial charge in [-0.1, -0.05) is 44.2 Å². The smallest absolute Gasteiger partial charge is 0.245 e. The molecule has 5 amide bonds. The molecule has 1 saturated heterocycles. The quantitative estimate of drug-likeness (QED) is 0.412. The maximum atomic E-state index is 13.4. The van der Waals surface area contributed by atoms with Crippen molar-refractivity contribution in [3.63, 3.8) is 0 Å². The van der Waals surface area contributed by atoms with Crippen LogP contribution in [0, 0.1) is 5.92 Å². The number of hydrogen-bond acceptors (Lipinski definition) is 7. The highest BCUT2D eigenvalue weighted by Crippen LogP contribution is 2.19. The van der Waals surface area contributed by atoms with E-state index in [-0.39, 0.29) is 74.5 Å². The third kappa shape index (κ3) is 8.14. The summed E-state index contributed by atoms with van der Waals surface area (Å²) in [6.07, 6.45) is 1.59. The Morgan fingerprint density at radius 3 is 2.40 bits per heavy atom. The van der Waals surface area contributed by atoms with Gasteiger partial charge in [-0.15, -0.1) is 0 Å². The highest BCUT2D eigenvalue weighted by molar-refractivity contribution is 5.91. The van der Waals surface area contributed by atoms with Crippen molar-refractivity contribution in [3.05, 3.63) is 36.2 Å². The summed E-state index contributed by atoms with van der Waals surface area (Å²) in [5, 5.41) is 15.9. The van der Waals surface area contributed by atoms with Crippen LogP contribution in [0.1, 0.15) is 64.7 Å². The van der Waals surface area contributed by atoms with Gasteiger partial charge in [0.25, 0.3) is 0 Å². The highest BCUT2D eigenvalue weighted by atomic mass is 16.2. The molecule has 0 radical (unpaired) electrons. The lowest BCUT2D eigenvalue weighted by Gasteiger charge is -2.26. The Hall–Kier alpha value is -4.29. The van der Waals surface area contributed by atoms with Crippen LogP contribution in [0.5, 0.6) is 0 Å². The summed E-state index contributed by atoms with van der Waals surface area (Å²) in [7, 11) is 0. The number of carbonyl (C=O) groups is 5. The molecule has 0 bridgehead atoms. The monoisotopic (exact) mass is 580 g/mol. The largest absolute Gasteiger partial charge is 0.353 e. The fourth-order valence-corrected chi connectivity index (χ4v) is 5.15. The van der Waals surface area contributed by atoms with Crippen molar-refractivity contribution >= 4 is 29.5 Å². The zero-order chi connectivity index (χ0) is 30.2. The van der Waals surface area contributed by atoms with Gasteiger partial charge in [0.2, 0.25) is 29.5 Å². The van der Waals surface area contributed by atoms with Crippen molar-refractivity contribution in [2.75, 3.05) is 19.6 Å². The predicted molar refractivity (Wildman–Crippen MR) is 153 cm³/mol. The summed E-state index contributed by atoms with van der Waals surface area (Å²) in [5.74, 6) is -0.461. The number of hydrogen-bond donors (Lipinski definition) is 4. The molecule has 13 heteroatoms. The lowest BCUT2D eigenvalue weighted by Crippen LogP contribution is -2.48. The summed E-state index contributed by atoms with van der Waals surface area (Å²) in [5.41, 5.74) is 0.761. The first kappa shape index (κ1) is 30.7. The van der Waals surface area contributed by atoms with Gasteiger partial charge in [-0.3, -0.25) is 24.0 Å². The minimum Gasteiger partial charge on any atom is -0.353 e. The number of aromatic nitrogens is 3. The average molecular weight is 581 g/mol. The van der Waals surface area contributed by atoms with Crippen LogP contribution in [-0.4, -0.2) is 80.9 Å². The summed E-state index contributed by atoms with van der Waals surface area (Å²) >= 11 is 0. The molecule has 1 aromatic carbocycles. The molecule has 0 aliphatic carbocycles. The first-order chi connectivity index (χ1) is 20.1. The van der Waals surface area contributed by atoms with Crippen molar-refractivity contribution in [2.24, 2.45) is 5.92 Å². The minimum atomic E-state index is -0.768. The van der Waals surface area contributed by atoms with E-state index < -0.39 is 18.1 Å². The minimum absolute atomic E-state index is 0.110. The number of amides is 5. The molecule has 0 spiro atoms. The number of rotatable bonds is 4. The second-order valence-electron chi connectivity index (χ2n) is 11.2. The van der Waals surface area contributed by atoms with Gasteiger partial charge in [0, 0.05) is 38.0 Å². The molecule has 2 aliphatic rings. The van der Waals surface area contributed by atoms with Gasteiger partial charge < -0.3 is 26.2 Å². The van der Waals surface area contributed by atoms with Crippen molar-refractivity contribution in [3.8, 4) is 11.4 Å². The van der Waals surface area contributed by atoms with Gasteiger partial charge in [0.05, 0.1) is 6.04 Å². The standard InChI is InChI=1S/C29H40N8O5/c1-18(2)16-22-28(41)31-19(3)27-34-26(20-8-5-4-6-9-20)35-37(27)17-25(40)30-13-15-36(14-7-10-23(38)33-22)29(42)21-11-12-24(39)32-21/h4-6,8-9,18-19,21-22H,7,10-17H2,1-3H3,(H,30,40)(H,31,41)(H,32,39)(H,33,38)/t19-,21-,22+/m0/s1. The van der Waals surface area contributed by atoms with Gasteiger partial charge >= 0.3 is 0 Å². The molecule has 0 unspecified atom stereocenters. The molecule has 226 valence electrons. The SMILES string of the molecule is CC(C)C[C@H]1NC(=O)CCCN(C(=O)[C@@H]2CCC(=O)N2)CCNC(=O)Cn2nc(-c3ccccc3)nc2[C@H](C)NC1=O. The normalized spacial score (nSPS) is 23.0. The van der Waals surface area contributed by atoms with Crippen LogP contribution in [0.15, 0.2) is 30.3 Å². The fourth-order valence-electron chi connectivity index (χ4n) is 5.15. The Bertz CT molecular complexity index is 1290. The molecule has 3 heterocycles. The molecule has 2 aliphatic heterocycles. The maximum absolute atomic E-state index is 13.4. The van der Waals surface area contributed by atoms with Gasteiger partial charge in [0.15, 0.2) is 5.82 Å². The molecule has 1 fully saturated rings. The van der Waals surface area contributed by atoms with Crippen LogP contribution < -0.4 is 21.3 Å². The third-order valence-electron chi connectivity index (χ3n) is 7.27. The molecule has 2 aromatic rings. The number of nitrogens with zero attached hydrogens (tertiary/aromatic N) is 4. The van der Waals surface area contributed by atoms with Crippen molar-refractivity contribution in [1.82, 2.24) is 40.9 Å². The molecule has 0 saturated carbocycles. The summed E-state index contributed by atoms with van der Waals surface area (Å²) in [6.45, 7) is 6.21. The van der Waals surface area contributed by atoms with E-state index in [9.17, 15) is 24.0 Å². The predicted octanol–water partition coefficient (Wildman–Crippen LogP) is 0.670. The van der Waals surface area contributed by atoms with Crippen LogP contribution in [0.3, 0.4) is 0 Å². The lowest BCUT2D eigenvalue weighted by atomic mass is 10.0. The third-order valence-corrected chi connectivity index (χ3v) is 7.27. The van der Waals surface area contributed by atoms with Gasteiger partial charge in [-0.2, -0.15) is 5.10 Å². The topological polar surface area (TPSA) is 167 Å². The first-order valence-electron chi connectivity index (χ1n) is 14.6. The number of carbonyl (C=O) groups excluding carboxylic acids is 5. The molecule has 1 aromatic heterocycles. The van der Waals surface area contributed by atoms with Gasteiger partial charge in [0.1, 0.15) is 24.5 Å². The van der Waals surface area contributed by atoms with E-state index in [2.05, 4.69) is 31.3 Å². The first-order valence-corrected chi connectivity index (χ1v) is 14.6.